The van der Waals surface area contributed by atoms with Crippen molar-refractivity contribution in [1.82, 2.24) is 5.32 Å². The van der Waals surface area contributed by atoms with Crippen molar-refractivity contribution in [1.29, 1.82) is 0 Å². The Balaban J connectivity index is 4.16. The van der Waals surface area contributed by atoms with Gasteiger partial charge in [-0.25, -0.2) is 4.57 Å². The Morgan fingerprint density at radius 2 is 0.822 bits per heavy atom. The number of unbranched alkanes of at least 4 members (excludes halogenated alkanes) is 33. The summed E-state index contributed by atoms with van der Waals surface area (Å²) in [5.74, 6) is -0.178. The number of nitrogens with zero attached hydrogens (tertiary/aromatic N) is 1. The molecule has 8 nitrogen and oxygen atoms in total. The largest absolute Gasteiger partial charge is 0.472 e. The summed E-state index contributed by atoms with van der Waals surface area (Å²) < 4.78 is 23.8. The molecule has 0 aliphatic carbocycles. The number of allylic oxidation sites excluding steroid dienone is 11. The normalized spacial score (nSPS) is 14.3. The molecule has 0 saturated heterocycles. The summed E-state index contributed by atoms with van der Waals surface area (Å²) in [5.41, 5.74) is 0. The zero-order chi connectivity index (χ0) is 53.5. The lowest BCUT2D eigenvalue weighted by atomic mass is 10.0. The van der Waals surface area contributed by atoms with Crippen molar-refractivity contribution in [3.8, 4) is 0 Å². The minimum absolute atomic E-state index is 0.0597. The van der Waals surface area contributed by atoms with Gasteiger partial charge in [-0.05, 0) is 64.2 Å². The lowest BCUT2D eigenvalue weighted by Crippen LogP contribution is -2.45. The fourth-order valence-electron chi connectivity index (χ4n) is 8.89. The molecular weight excluding hydrogens is 924 g/mol. The Labute approximate surface area is 453 Å². The topological polar surface area (TPSA) is 105 Å². The molecule has 0 spiro atoms. The number of phosphoric ester groups is 1. The van der Waals surface area contributed by atoms with Gasteiger partial charge in [0.1, 0.15) is 13.2 Å². The van der Waals surface area contributed by atoms with Crippen molar-refractivity contribution in [2.75, 3.05) is 40.9 Å². The van der Waals surface area contributed by atoms with Crippen LogP contribution < -0.4 is 5.32 Å². The van der Waals surface area contributed by atoms with Gasteiger partial charge in [0.2, 0.25) is 5.91 Å². The van der Waals surface area contributed by atoms with Gasteiger partial charge >= 0.3 is 7.82 Å². The fourth-order valence-corrected chi connectivity index (χ4v) is 9.63. The molecule has 0 saturated carbocycles. The lowest BCUT2D eigenvalue weighted by Gasteiger charge is -2.25. The first-order valence-corrected chi connectivity index (χ1v) is 32.3. The number of amides is 1. The summed E-state index contributed by atoms with van der Waals surface area (Å²) >= 11 is 0. The summed E-state index contributed by atoms with van der Waals surface area (Å²) in [6.07, 6.45) is 75.8. The van der Waals surface area contributed by atoms with Crippen LogP contribution in [0.15, 0.2) is 72.9 Å². The Morgan fingerprint density at radius 1 is 0.479 bits per heavy atom. The maximum absolute atomic E-state index is 13.0. The van der Waals surface area contributed by atoms with Crippen LogP contribution in [0.25, 0.3) is 0 Å². The number of hydrogen-bond acceptors (Lipinski definition) is 5. The number of aliphatic hydroxyl groups is 1. The summed E-state index contributed by atoms with van der Waals surface area (Å²) in [6, 6.07) is -0.851. The highest BCUT2D eigenvalue weighted by Gasteiger charge is 2.27. The van der Waals surface area contributed by atoms with Crippen LogP contribution in [-0.4, -0.2) is 73.4 Å². The molecular formula is C64H120N2O6P+. The highest BCUT2D eigenvalue weighted by Crippen LogP contribution is 2.43. The van der Waals surface area contributed by atoms with E-state index in [1.807, 2.05) is 27.2 Å². The van der Waals surface area contributed by atoms with E-state index in [4.69, 9.17) is 9.05 Å². The predicted octanol–water partition coefficient (Wildman–Crippen LogP) is 19.0. The monoisotopic (exact) mass is 1040 g/mol. The minimum atomic E-state index is -4.35. The molecule has 0 aromatic rings. The van der Waals surface area contributed by atoms with Crippen LogP contribution in [0.4, 0.5) is 0 Å². The number of hydrogen-bond donors (Lipinski definition) is 3. The van der Waals surface area contributed by atoms with E-state index in [9.17, 15) is 19.4 Å². The van der Waals surface area contributed by atoms with E-state index < -0.39 is 20.0 Å². The van der Waals surface area contributed by atoms with E-state index in [1.54, 1.807) is 6.08 Å². The Morgan fingerprint density at radius 3 is 1.21 bits per heavy atom. The number of nitrogens with one attached hydrogen (secondary N) is 1. The van der Waals surface area contributed by atoms with Crippen LogP contribution in [0.3, 0.4) is 0 Å². The predicted molar refractivity (Wildman–Crippen MR) is 318 cm³/mol. The maximum Gasteiger partial charge on any atom is 0.472 e. The van der Waals surface area contributed by atoms with Gasteiger partial charge in [0.05, 0.1) is 39.9 Å². The quantitative estimate of drug-likeness (QED) is 0.0243. The van der Waals surface area contributed by atoms with Gasteiger partial charge in [0, 0.05) is 6.42 Å². The van der Waals surface area contributed by atoms with Crippen molar-refractivity contribution >= 4 is 13.7 Å². The number of carbonyl (C=O) groups excluding carboxylic acids is 1. The van der Waals surface area contributed by atoms with Gasteiger partial charge in [-0.3, -0.25) is 13.8 Å². The van der Waals surface area contributed by atoms with Crippen LogP contribution in [0, 0.1) is 0 Å². The van der Waals surface area contributed by atoms with E-state index in [0.29, 0.717) is 17.4 Å². The van der Waals surface area contributed by atoms with Crippen molar-refractivity contribution in [3.05, 3.63) is 72.9 Å². The number of phosphoric acid groups is 1. The van der Waals surface area contributed by atoms with Gasteiger partial charge in [0.15, 0.2) is 0 Å². The molecule has 0 aliphatic rings. The molecule has 426 valence electrons. The summed E-state index contributed by atoms with van der Waals surface area (Å²) in [6.45, 7) is 4.73. The zero-order valence-electron chi connectivity index (χ0n) is 48.6. The molecule has 0 aliphatic heterocycles. The van der Waals surface area contributed by atoms with Crippen LogP contribution >= 0.6 is 7.82 Å². The molecule has 3 atom stereocenters. The first-order valence-electron chi connectivity index (χ1n) is 30.8. The van der Waals surface area contributed by atoms with Crippen molar-refractivity contribution in [2.45, 2.75) is 289 Å². The van der Waals surface area contributed by atoms with E-state index in [1.165, 1.54) is 186 Å². The molecule has 9 heteroatoms. The number of rotatable bonds is 56. The van der Waals surface area contributed by atoms with E-state index in [2.05, 4.69) is 79.9 Å². The van der Waals surface area contributed by atoms with Gasteiger partial charge in [-0.15, -0.1) is 0 Å². The van der Waals surface area contributed by atoms with E-state index in [0.717, 1.165) is 70.6 Å². The zero-order valence-corrected chi connectivity index (χ0v) is 49.5. The Kier molecular flexibility index (Phi) is 53.2. The third-order valence-electron chi connectivity index (χ3n) is 13.7. The summed E-state index contributed by atoms with van der Waals surface area (Å²) in [4.78, 5) is 23.4. The van der Waals surface area contributed by atoms with Crippen molar-refractivity contribution in [3.63, 3.8) is 0 Å². The van der Waals surface area contributed by atoms with E-state index in [-0.39, 0.29) is 19.1 Å². The highest BCUT2D eigenvalue weighted by atomic mass is 31.2. The number of quaternary nitrogens is 1. The molecule has 73 heavy (non-hydrogen) atoms. The van der Waals surface area contributed by atoms with Crippen LogP contribution in [0.1, 0.15) is 277 Å². The first-order chi connectivity index (χ1) is 35.5. The molecule has 0 fully saturated rings. The standard InChI is InChI=1S/C64H119N2O6P/c1-6-8-10-12-14-16-18-20-22-24-26-28-30-31-32-33-34-35-36-38-40-42-44-46-48-50-52-54-56-58-64(68)65-62(61-72-73(69,70)71-60-59-66(3,4)5)63(67)57-55-53-51-49-47-45-43-41-39-37-29-27-25-23-21-19-17-15-13-11-9-7-2/h8,10,14,16,20,22,26,28,31-32,55,57,62-63,67H,6-7,9,11-13,15,17-19,21,23-25,27,29-30,33-54,56,58-61H2,1-5H3,(H-,65,68,69,70)/p+1/b10-8-,16-14-,22-20-,28-26-,32-31-,57-55+. The summed E-state index contributed by atoms with van der Waals surface area (Å²) in [5, 5.41) is 14.0. The number of aliphatic hydroxyl groups excluding tert-OH is 1. The number of carbonyl (C=O) groups is 1. The molecule has 0 aromatic heterocycles. The molecule has 3 N–H and O–H groups in total. The fraction of sp³-hybridized carbons (Fsp3) is 0.797. The average molecular weight is 1040 g/mol. The van der Waals surface area contributed by atoms with Gasteiger partial charge in [-0.1, -0.05) is 279 Å². The average Bonchev–Trinajstić information content (AvgIpc) is 3.35. The minimum Gasteiger partial charge on any atom is -0.387 e. The number of likely N-dealkylation sites (N-methyl/N-ethyl adjacent to an activating group) is 1. The van der Waals surface area contributed by atoms with Crippen LogP contribution in [-0.2, 0) is 18.4 Å². The van der Waals surface area contributed by atoms with Gasteiger partial charge in [-0.2, -0.15) is 0 Å². The molecule has 0 aromatic carbocycles. The van der Waals surface area contributed by atoms with Gasteiger partial charge < -0.3 is 19.8 Å². The third kappa shape index (κ3) is 57.5. The first kappa shape index (κ1) is 70.9. The maximum atomic E-state index is 13.0. The molecule has 0 bridgehead atoms. The van der Waals surface area contributed by atoms with Crippen molar-refractivity contribution in [2.24, 2.45) is 0 Å². The molecule has 0 heterocycles. The second kappa shape index (κ2) is 54.7. The molecule has 3 unspecified atom stereocenters. The van der Waals surface area contributed by atoms with Crippen molar-refractivity contribution < 1.29 is 32.9 Å². The third-order valence-corrected chi connectivity index (χ3v) is 14.7. The molecule has 1 amide bonds. The highest BCUT2D eigenvalue weighted by molar-refractivity contribution is 7.47. The molecule has 0 radical (unpaired) electrons. The van der Waals surface area contributed by atoms with Crippen LogP contribution in [0.2, 0.25) is 0 Å². The Bertz CT molecular complexity index is 1420. The second-order valence-corrected chi connectivity index (χ2v) is 23.5. The van der Waals surface area contributed by atoms with E-state index >= 15 is 0 Å². The lowest BCUT2D eigenvalue weighted by molar-refractivity contribution is -0.870. The smallest absolute Gasteiger partial charge is 0.387 e. The van der Waals surface area contributed by atoms with Gasteiger partial charge in [0.25, 0.3) is 0 Å². The second-order valence-electron chi connectivity index (χ2n) is 22.1. The summed E-state index contributed by atoms with van der Waals surface area (Å²) in [7, 11) is 1.57. The molecule has 0 rings (SSSR count). The van der Waals surface area contributed by atoms with Crippen LogP contribution in [0.5, 0.6) is 0 Å². The SMILES string of the molecule is CC/C=C\C/C=C\C/C=C\C/C=C\C/C=C\CCCCCCCCCCCCCCCC(=O)NC(COP(=O)(O)OCC[N+](C)(C)C)C(O)/C=C/CCCCCCCCCCCCCCCCCCCCCC. The Hall–Kier alpha value is -2.06.